The third kappa shape index (κ3) is 4.98. The molecule has 1 aliphatic heterocycles. The minimum absolute atomic E-state index is 0.197. The summed E-state index contributed by atoms with van der Waals surface area (Å²) in [7, 11) is 0. The number of aromatic nitrogens is 3. The molecule has 3 aromatic rings. The number of nitrogens with one attached hydrogen (secondary N) is 1. The maximum atomic E-state index is 13.0. The molecule has 3 N–H and O–H groups in total. The fourth-order valence-electron chi connectivity index (χ4n) is 4.02. The number of carbonyl (C=O) groups excluding carboxylic acids is 2. The predicted octanol–water partition coefficient (Wildman–Crippen LogP) is 2.10. The van der Waals surface area contributed by atoms with Gasteiger partial charge in [-0.25, -0.2) is 9.67 Å². The van der Waals surface area contributed by atoms with Crippen molar-refractivity contribution in [1.29, 1.82) is 0 Å². The SMILES string of the molecule is NC(Cc1ccccc1)C(=O)N1CCCC1C(=O)NCc1cc(Cl)ccc1-n1cncn1. The number of hydrogen-bond acceptors (Lipinski definition) is 5. The number of nitrogens with zero attached hydrogens (tertiary/aromatic N) is 4. The van der Waals surface area contributed by atoms with Crippen molar-refractivity contribution in [1.82, 2.24) is 25.0 Å². The minimum atomic E-state index is -0.683. The molecule has 2 unspecified atom stereocenters. The van der Waals surface area contributed by atoms with Gasteiger partial charge in [-0.2, -0.15) is 5.10 Å². The lowest BCUT2D eigenvalue weighted by atomic mass is 10.1. The van der Waals surface area contributed by atoms with E-state index in [0.717, 1.165) is 23.2 Å². The van der Waals surface area contributed by atoms with Gasteiger partial charge in [-0.3, -0.25) is 9.59 Å². The van der Waals surface area contributed by atoms with Crippen molar-refractivity contribution in [3.8, 4) is 5.69 Å². The number of carbonyl (C=O) groups is 2. The fraction of sp³-hybridized carbons (Fsp3) is 0.304. The third-order valence-corrected chi connectivity index (χ3v) is 5.85. The number of hydrogen-bond donors (Lipinski definition) is 2. The van der Waals surface area contributed by atoms with Crippen LogP contribution in [0, 0.1) is 0 Å². The number of amides is 2. The van der Waals surface area contributed by atoms with Gasteiger partial charge in [0, 0.05) is 18.1 Å². The Morgan fingerprint density at radius 2 is 2.03 bits per heavy atom. The van der Waals surface area contributed by atoms with Gasteiger partial charge in [-0.1, -0.05) is 41.9 Å². The monoisotopic (exact) mass is 452 g/mol. The molecule has 2 amide bonds. The second-order valence-electron chi connectivity index (χ2n) is 7.82. The lowest BCUT2D eigenvalue weighted by Gasteiger charge is -2.27. The molecule has 9 heteroatoms. The number of nitrogens with two attached hydrogens (primary N) is 1. The first-order valence-electron chi connectivity index (χ1n) is 10.5. The molecule has 2 heterocycles. The Kier molecular flexibility index (Phi) is 6.82. The molecule has 0 aliphatic carbocycles. The van der Waals surface area contributed by atoms with Crippen molar-refractivity contribution >= 4 is 23.4 Å². The van der Waals surface area contributed by atoms with E-state index >= 15 is 0 Å². The molecule has 166 valence electrons. The number of likely N-dealkylation sites (tertiary alicyclic amines) is 1. The van der Waals surface area contributed by atoms with E-state index in [1.807, 2.05) is 36.4 Å². The van der Waals surface area contributed by atoms with Crippen LogP contribution in [0.25, 0.3) is 5.69 Å². The Balaban J connectivity index is 1.41. The third-order valence-electron chi connectivity index (χ3n) is 5.61. The molecule has 8 nitrogen and oxygen atoms in total. The van der Waals surface area contributed by atoms with Crippen molar-refractivity contribution in [2.45, 2.75) is 37.9 Å². The van der Waals surface area contributed by atoms with Gasteiger partial charge in [0.2, 0.25) is 11.8 Å². The van der Waals surface area contributed by atoms with Crippen LogP contribution in [0.3, 0.4) is 0 Å². The highest BCUT2D eigenvalue weighted by molar-refractivity contribution is 6.30. The second-order valence-corrected chi connectivity index (χ2v) is 8.25. The normalized spacial score (nSPS) is 16.7. The molecule has 1 aliphatic rings. The summed E-state index contributed by atoms with van der Waals surface area (Å²) in [6.07, 6.45) is 4.84. The Labute approximate surface area is 191 Å². The summed E-state index contributed by atoms with van der Waals surface area (Å²) < 4.78 is 1.62. The quantitative estimate of drug-likeness (QED) is 0.571. The predicted molar refractivity (Wildman–Crippen MR) is 121 cm³/mol. The zero-order chi connectivity index (χ0) is 22.5. The van der Waals surface area contributed by atoms with Crippen molar-refractivity contribution in [3.63, 3.8) is 0 Å². The Morgan fingerprint density at radius 3 is 2.78 bits per heavy atom. The van der Waals surface area contributed by atoms with Gasteiger partial charge in [0.05, 0.1) is 11.7 Å². The topological polar surface area (TPSA) is 106 Å². The summed E-state index contributed by atoms with van der Waals surface area (Å²) >= 11 is 6.16. The standard InChI is InChI=1S/C23H25ClN6O2/c24-18-8-9-20(30-15-26-14-28-30)17(12-18)13-27-22(31)21-7-4-10-29(21)23(32)19(25)11-16-5-2-1-3-6-16/h1-3,5-6,8-9,12,14-15,19,21H,4,7,10-11,13,25H2,(H,27,31). The van der Waals surface area contributed by atoms with Gasteiger partial charge in [0.1, 0.15) is 18.7 Å². The first kappa shape index (κ1) is 22.0. The van der Waals surface area contributed by atoms with Crippen LogP contribution in [-0.4, -0.2) is 50.1 Å². The Hall–Kier alpha value is -3.23. The molecule has 32 heavy (non-hydrogen) atoms. The lowest BCUT2D eigenvalue weighted by Crippen LogP contribution is -2.51. The van der Waals surface area contributed by atoms with Gasteiger partial charge < -0.3 is 16.0 Å². The summed E-state index contributed by atoms with van der Waals surface area (Å²) in [5.41, 5.74) is 8.76. The molecule has 1 fully saturated rings. The molecule has 0 bridgehead atoms. The first-order valence-corrected chi connectivity index (χ1v) is 10.9. The minimum Gasteiger partial charge on any atom is -0.350 e. The van der Waals surface area contributed by atoms with E-state index in [9.17, 15) is 9.59 Å². The molecule has 2 atom stereocenters. The average molecular weight is 453 g/mol. The van der Waals surface area contributed by atoms with Gasteiger partial charge in [-0.05, 0) is 48.6 Å². The van der Waals surface area contributed by atoms with E-state index in [-0.39, 0.29) is 18.4 Å². The molecule has 1 saturated heterocycles. The van der Waals surface area contributed by atoms with Crippen LogP contribution in [0.1, 0.15) is 24.0 Å². The van der Waals surface area contributed by atoms with Gasteiger partial charge >= 0.3 is 0 Å². The van der Waals surface area contributed by atoms with Crippen LogP contribution in [0.4, 0.5) is 0 Å². The molecule has 0 radical (unpaired) electrons. The highest BCUT2D eigenvalue weighted by Crippen LogP contribution is 2.21. The highest BCUT2D eigenvalue weighted by Gasteiger charge is 2.36. The lowest BCUT2D eigenvalue weighted by molar-refractivity contribution is -0.139. The largest absolute Gasteiger partial charge is 0.350 e. The van der Waals surface area contributed by atoms with Crippen molar-refractivity contribution in [3.05, 3.63) is 77.3 Å². The Bertz CT molecular complexity index is 1070. The summed E-state index contributed by atoms with van der Waals surface area (Å²) in [5.74, 6) is -0.398. The van der Waals surface area contributed by atoms with Crippen molar-refractivity contribution in [2.75, 3.05) is 6.54 Å². The van der Waals surface area contributed by atoms with Crippen LogP contribution in [0.2, 0.25) is 5.02 Å². The first-order chi connectivity index (χ1) is 15.5. The Morgan fingerprint density at radius 1 is 1.22 bits per heavy atom. The molecule has 1 aromatic heterocycles. The summed E-state index contributed by atoms with van der Waals surface area (Å²) in [4.78, 5) is 31.5. The van der Waals surface area contributed by atoms with Crippen LogP contribution >= 0.6 is 11.6 Å². The highest BCUT2D eigenvalue weighted by atomic mass is 35.5. The van der Waals surface area contributed by atoms with Crippen molar-refractivity contribution < 1.29 is 9.59 Å². The molecular weight excluding hydrogens is 428 g/mol. The van der Waals surface area contributed by atoms with E-state index in [1.54, 1.807) is 28.0 Å². The van der Waals surface area contributed by atoms with Gasteiger partial charge in [-0.15, -0.1) is 0 Å². The molecule has 0 saturated carbocycles. The van der Waals surface area contributed by atoms with Crippen LogP contribution in [0.15, 0.2) is 61.2 Å². The number of rotatable bonds is 7. The molecule has 4 rings (SSSR count). The summed E-state index contributed by atoms with van der Waals surface area (Å²) in [6, 6.07) is 13.8. The molecular formula is C23H25ClN6O2. The zero-order valence-corrected chi connectivity index (χ0v) is 18.3. The van der Waals surface area contributed by atoms with E-state index < -0.39 is 12.1 Å². The van der Waals surface area contributed by atoms with Gasteiger partial charge in [0.15, 0.2) is 0 Å². The molecule has 0 spiro atoms. The average Bonchev–Trinajstić information content (AvgIpc) is 3.50. The van der Waals surface area contributed by atoms with Gasteiger partial charge in [0.25, 0.3) is 0 Å². The van der Waals surface area contributed by atoms with Crippen LogP contribution in [-0.2, 0) is 22.6 Å². The van der Waals surface area contributed by atoms with E-state index in [2.05, 4.69) is 15.4 Å². The maximum Gasteiger partial charge on any atom is 0.243 e. The van der Waals surface area contributed by atoms with E-state index in [0.29, 0.717) is 24.4 Å². The number of benzene rings is 2. The zero-order valence-electron chi connectivity index (χ0n) is 17.5. The van der Waals surface area contributed by atoms with Crippen molar-refractivity contribution in [2.24, 2.45) is 5.73 Å². The second kappa shape index (κ2) is 9.93. The fourth-order valence-corrected chi connectivity index (χ4v) is 4.22. The van der Waals surface area contributed by atoms with Crippen LogP contribution in [0.5, 0.6) is 0 Å². The summed E-state index contributed by atoms with van der Waals surface area (Å²) in [5, 5.41) is 7.66. The summed E-state index contributed by atoms with van der Waals surface area (Å²) in [6.45, 7) is 0.782. The maximum absolute atomic E-state index is 13.0. The smallest absolute Gasteiger partial charge is 0.243 e. The molecule has 2 aromatic carbocycles. The van der Waals surface area contributed by atoms with Crippen LogP contribution < -0.4 is 11.1 Å². The van der Waals surface area contributed by atoms with E-state index in [4.69, 9.17) is 17.3 Å². The number of halogens is 1. The van der Waals surface area contributed by atoms with E-state index in [1.165, 1.54) is 6.33 Å².